The van der Waals surface area contributed by atoms with Gasteiger partial charge in [-0.3, -0.25) is 0 Å². The minimum Gasteiger partial charge on any atom is -0.384 e. The number of hydrogen-bond acceptors (Lipinski definition) is 3. The predicted octanol–water partition coefficient (Wildman–Crippen LogP) is 1.54. The normalized spacial score (nSPS) is 13.7. The molecule has 1 aliphatic rings. The summed E-state index contributed by atoms with van der Waals surface area (Å²) in [6.45, 7) is 2.93. The summed E-state index contributed by atoms with van der Waals surface area (Å²) >= 11 is 0. The van der Waals surface area contributed by atoms with E-state index in [1.807, 2.05) is 11.6 Å². The standard InChI is InChI=1S/C11H12N4/c1-8-13-7-15(14-8)10-2-3-11-9(6-10)4-5-12-11/h2-3,6-7,12H,4-5H2,1H3. The molecule has 1 aliphatic heterocycles. The Morgan fingerprint density at radius 3 is 3.13 bits per heavy atom. The lowest BCUT2D eigenvalue weighted by Gasteiger charge is -2.03. The van der Waals surface area contributed by atoms with Gasteiger partial charge in [-0.05, 0) is 37.1 Å². The van der Waals surface area contributed by atoms with Crippen LogP contribution in [-0.2, 0) is 6.42 Å². The molecule has 15 heavy (non-hydrogen) atoms. The van der Waals surface area contributed by atoms with E-state index in [4.69, 9.17) is 0 Å². The van der Waals surface area contributed by atoms with E-state index in [1.165, 1.54) is 11.3 Å². The van der Waals surface area contributed by atoms with Crippen LogP contribution in [-0.4, -0.2) is 21.3 Å². The molecule has 0 spiro atoms. The number of rotatable bonds is 1. The fourth-order valence-corrected chi connectivity index (χ4v) is 1.90. The van der Waals surface area contributed by atoms with E-state index >= 15 is 0 Å². The minimum absolute atomic E-state index is 0.800. The van der Waals surface area contributed by atoms with E-state index in [-0.39, 0.29) is 0 Å². The van der Waals surface area contributed by atoms with Crippen LogP contribution in [0.4, 0.5) is 5.69 Å². The Hall–Kier alpha value is -1.84. The Balaban J connectivity index is 2.06. The van der Waals surface area contributed by atoms with E-state index in [9.17, 15) is 0 Å². The zero-order valence-corrected chi connectivity index (χ0v) is 8.57. The highest BCUT2D eigenvalue weighted by Gasteiger charge is 2.10. The topological polar surface area (TPSA) is 42.7 Å². The van der Waals surface area contributed by atoms with Gasteiger partial charge in [0.2, 0.25) is 0 Å². The first-order valence-electron chi connectivity index (χ1n) is 5.08. The number of benzene rings is 1. The van der Waals surface area contributed by atoms with Crippen molar-refractivity contribution in [2.75, 3.05) is 11.9 Å². The maximum Gasteiger partial charge on any atom is 0.147 e. The molecule has 4 heteroatoms. The van der Waals surface area contributed by atoms with E-state index in [1.54, 1.807) is 6.33 Å². The van der Waals surface area contributed by atoms with Gasteiger partial charge in [-0.1, -0.05) is 0 Å². The monoisotopic (exact) mass is 200 g/mol. The first kappa shape index (κ1) is 8.47. The van der Waals surface area contributed by atoms with Gasteiger partial charge >= 0.3 is 0 Å². The SMILES string of the molecule is Cc1ncn(-c2ccc3c(c2)CCN3)n1. The van der Waals surface area contributed by atoms with Crippen LogP contribution in [0.1, 0.15) is 11.4 Å². The zero-order valence-electron chi connectivity index (χ0n) is 8.57. The van der Waals surface area contributed by atoms with Crippen molar-refractivity contribution in [3.05, 3.63) is 35.9 Å². The van der Waals surface area contributed by atoms with Gasteiger partial charge in [-0.15, -0.1) is 0 Å². The Morgan fingerprint density at radius 1 is 1.40 bits per heavy atom. The molecule has 1 aromatic carbocycles. The lowest BCUT2D eigenvalue weighted by Crippen LogP contribution is -1.95. The number of hydrogen-bond donors (Lipinski definition) is 1. The van der Waals surface area contributed by atoms with E-state index in [0.717, 1.165) is 24.5 Å². The molecule has 0 amide bonds. The third-order valence-corrected chi connectivity index (χ3v) is 2.67. The van der Waals surface area contributed by atoms with Crippen LogP contribution in [0.3, 0.4) is 0 Å². The third kappa shape index (κ3) is 1.38. The van der Waals surface area contributed by atoms with Crippen molar-refractivity contribution in [2.45, 2.75) is 13.3 Å². The molecule has 0 atom stereocenters. The summed E-state index contributed by atoms with van der Waals surface area (Å²) in [6, 6.07) is 6.34. The zero-order chi connectivity index (χ0) is 10.3. The van der Waals surface area contributed by atoms with Crippen molar-refractivity contribution >= 4 is 5.69 Å². The number of aryl methyl sites for hydroxylation is 1. The molecule has 3 rings (SSSR count). The summed E-state index contributed by atoms with van der Waals surface area (Å²) in [5.74, 6) is 0.800. The van der Waals surface area contributed by atoms with Crippen molar-refractivity contribution in [2.24, 2.45) is 0 Å². The maximum absolute atomic E-state index is 4.29. The lowest BCUT2D eigenvalue weighted by molar-refractivity contribution is 0.861. The van der Waals surface area contributed by atoms with Crippen molar-refractivity contribution in [1.82, 2.24) is 14.8 Å². The third-order valence-electron chi connectivity index (χ3n) is 2.67. The molecule has 4 nitrogen and oxygen atoms in total. The first-order valence-corrected chi connectivity index (χ1v) is 5.08. The van der Waals surface area contributed by atoms with Gasteiger partial charge in [0, 0.05) is 12.2 Å². The maximum atomic E-state index is 4.29. The second-order valence-electron chi connectivity index (χ2n) is 3.75. The van der Waals surface area contributed by atoms with Gasteiger partial charge in [0.25, 0.3) is 0 Å². The number of nitrogens with zero attached hydrogens (tertiary/aromatic N) is 3. The second-order valence-corrected chi connectivity index (χ2v) is 3.75. The van der Waals surface area contributed by atoms with E-state index in [0.29, 0.717) is 0 Å². The molecule has 0 fully saturated rings. The molecule has 0 bridgehead atoms. The van der Waals surface area contributed by atoms with Crippen LogP contribution in [0.15, 0.2) is 24.5 Å². The highest BCUT2D eigenvalue weighted by atomic mass is 15.3. The molecule has 0 saturated heterocycles. The lowest BCUT2D eigenvalue weighted by atomic mass is 10.1. The highest BCUT2D eigenvalue weighted by molar-refractivity contribution is 5.59. The van der Waals surface area contributed by atoms with Crippen LogP contribution in [0.5, 0.6) is 0 Å². The van der Waals surface area contributed by atoms with Gasteiger partial charge in [0.15, 0.2) is 0 Å². The van der Waals surface area contributed by atoms with Crippen molar-refractivity contribution in [3.8, 4) is 5.69 Å². The number of anilines is 1. The van der Waals surface area contributed by atoms with Gasteiger partial charge in [-0.25, -0.2) is 9.67 Å². The van der Waals surface area contributed by atoms with E-state index < -0.39 is 0 Å². The molecule has 0 radical (unpaired) electrons. The average molecular weight is 200 g/mol. The largest absolute Gasteiger partial charge is 0.384 e. The van der Waals surface area contributed by atoms with Crippen molar-refractivity contribution in [1.29, 1.82) is 0 Å². The summed E-state index contributed by atoms with van der Waals surface area (Å²) in [4.78, 5) is 4.12. The fourth-order valence-electron chi connectivity index (χ4n) is 1.90. The Labute approximate surface area is 88.0 Å². The molecular formula is C11H12N4. The molecule has 1 N–H and O–H groups in total. The summed E-state index contributed by atoms with van der Waals surface area (Å²) in [7, 11) is 0. The number of fused-ring (bicyclic) bond motifs is 1. The van der Waals surface area contributed by atoms with Crippen LogP contribution >= 0.6 is 0 Å². The van der Waals surface area contributed by atoms with Crippen molar-refractivity contribution in [3.63, 3.8) is 0 Å². The Bertz CT molecular complexity index is 501. The quantitative estimate of drug-likeness (QED) is 0.759. The molecule has 1 aromatic heterocycles. The highest BCUT2D eigenvalue weighted by Crippen LogP contribution is 2.24. The minimum atomic E-state index is 0.800. The molecule has 76 valence electrons. The summed E-state index contributed by atoms with van der Waals surface area (Å²) in [5, 5.41) is 7.63. The smallest absolute Gasteiger partial charge is 0.147 e. The summed E-state index contributed by atoms with van der Waals surface area (Å²) in [5.41, 5.74) is 3.69. The van der Waals surface area contributed by atoms with Gasteiger partial charge in [-0.2, -0.15) is 5.10 Å². The van der Waals surface area contributed by atoms with Crippen LogP contribution in [0.25, 0.3) is 5.69 Å². The van der Waals surface area contributed by atoms with E-state index in [2.05, 4.69) is 33.6 Å². The number of aromatic nitrogens is 3. The van der Waals surface area contributed by atoms with Gasteiger partial charge < -0.3 is 5.32 Å². The molecule has 2 aromatic rings. The van der Waals surface area contributed by atoms with Crippen molar-refractivity contribution < 1.29 is 0 Å². The van der Waals surface area contributed by atoms with Crippen LogP contribution in [0.2, 0.25) is 0 Å². The number of nitrogens with one attached hydrogen (secondary N) is 1. The van der Waals surface area contributed by atoms with Crippen LogP contribution < -0.4 is 5.32 Å². The summed E-state index contributed by atoms with van der Waals surface area (Å²) < 4.78 is 1.81. The molecule has 0 aliphatic carbocycles. The molecule has 2 heterocycles. The van der Waals surface area contributed by atoms with Gasteiger partial charge in [0.05, 0.1) is 5.69 Å². The Morgan fingerprint density at radius 2 is 2.33 bits per heavy atom. The Kier molecular flexibility index (Phi) is 1.74. The molecular weight excluding hydrogens is 188 g/mol. The fraction of sp³-hybridized carbons (Fsp3) is 0.273. The molecule has 0 saturated carbocycles. The first-order chi connectivity index (χ1) is 7.33. The average Bonchev–Trinajstić information content (AvgIpc) is 2.84. The van der Waals surface area contributed by atoms with Gasteiger partial charge in [0.1, 0.15) is 12.2 Å². The second kappa shape index (κ2) is 3.08. The summed E-state index contributed by atoms with van der Waals surface area (Å²) in [6.07, 6.45) is 2.84. The molecule has 0 unspecified atom stereocenters. The predicted molar refractivity (Wildman–Crippen MR) is 58.3 cm³/mol. The van der Waals surface area contributed by atoms with Crippen LogP contribution in [0, 0.1) is 6.92 Å².